The first-order valence-corrected chi connectivity index (χ1v) is 8.55. The molecular formula is C20H21FN2O4. The Morgan fingerprint density at radius 3 is 2.33 bits per heavy atom. The monoisotopic (exact) mass is 372 g/mol. The van der Waals surface area contributed by atoms with Crippen LogP contribution >= 0.6 is 0 Å². The van der Waals surface area contributed by atoms with Crippen LogP contribution in [-0.4, -0.2) is 50.1 Å². The maximum atomic E-state index is 13.5. The summed E-state index contributed by atoms with van der Waals surface area (Å²) >= 11 is 0. The summed E-state index contributed by atoms with van der Waals surface area (Å²) in [5.41, 5.74) is 0.868. The quantitative estimate of drug-likeness (QED) is 0.828. The Labute approximate surface area is 157 Å². The molecule has 3 rings (SSSR count). The van der Waals surface area contributed by atoms with Crippen LogP contribution in [0.4, 0.5) is 10.1 Å². The molecule has 1 atom stereocenters. The van der Waals surface area contributed by atoms with Crippen LogP contribution in [0.15, 0.2) is 42.5 Å². The van der Waals surface area contributed by atoms with E-state index in [4.69, 9.17) is 9.47 Å². The number of rotatable bonds is 4. The van der Waals surface area contributed by atoms with Gasteiger partial charge in [0.15, 0.2) is 0 Å². The van der Waals surface area contributed by atoms with E-state index < -0.39 is 11.9 Å². The molecule has 1 saturated heterocycles. The lowest BCUT2D eigenvalue weighted by Crippen LogP contribution is -2.57. The summed E-state index contributed by atoms with van der Waals surface area (Å²) in [6, 6.07) is 10.1. The van der Waals surface area contributed by atoms with Gasteiger partial charge in [-0.15, -0.1) is 0 Å². The molecule has 2 aromatic rings. The number of nitrogens with zero attached hydrogens (tertiary/aromatic N) is 2. The number of carbonyl (C=O) groups is 2. The molecule has 2 amide bonds. The van der Waals surface area contributed by atoms with Crippen LogP contribution in [0.1, 0.15) is 17.3 Å². The van der Waals surface area contributed by atoms with Crippen molar-refractivity contribution in [3.8, 4) is 11.5 Å². The summed E-state index contributed by atoms with van der Waals surface area (Å²) in [5.74, 6) is 0.0436. The zero-order valence-corrected chi connectivity index (χ0v) is 15.4. The van der Waals surface area contributed by atoms with Gasteiger partial charge in [0, 0.05) is 30.4 Å². The second-order valence-electron chi connectivity index (χ2n) is 6.25. The summed E-state index contributed by atoms with van der Waals surface area (Å²) in [5, 5.41) is 0. The Bertz CT molecular complexity index is 849. The van der Waals surface area contributed by atoms with E-state index in [2.05, 4.69) is 0 Å². The molecule has 0 spiro atoms. The highest BCUT2D eigenvalue weighted by Gasteiger charge is 2.35. The Morgan fingerprint density at radius 2 is 1.74 bits per heavy atom. The third-order valence-electron chi connectivity index (χ3n) is 4.63. The number of carbonyl (C=O) groups excluding carboxylic acids is 2. The minimum absolute atomic E-state index is 0.255. The van der Waals surface area contributed by atoms with Crippen LogP contribution in [0.3, 0.4) is 0 Å². The van der Waals surface area contributed by atoms with Crippen molar-refractivity contribution in [3.63, 3.8) is 0 Å². The molecule has 1 unspecified atom stereocenters. The predicted octanol–water partition coefficient (Wildman–Crippen LogP) is 2.72. The summed E-state index contributed by atoms with van der Waals surface area (Å²) in [6.45, 7) is 2.30. The fraction of sp³-hybridized carbons (Fsp3) is 0.300. The molecule has 0 N–H and O–H groups in total. The summed E-state index contributed by atoms with van der Waals surface area (Å²) in [7, 11) is 3.01. The maximum Gasteiger partial charge on any atom is 0.254 e. The molecule has 0 aliphatic carbocycles. The van der Waals surface area contributed by atoms with Gasteiger partial charge in [0.1, 0.15) is 23.4 Å². The zero-order chi connectivity index (χ0) is 19.6. The van der Waals surface area contributed by atoms with Crippen LogP contribution in [0.5, 0.6) is 11.5 Å². The highest BCUT2D eigenvalue weighted by Crippen LogP contribution is 2.26. The normalized spacial score (nSPS) is 17.0. The Hall–Kier alpha value is -3.09. The van der Waals surface area contributed by atoms with Gasteiger partial charge in [-0.1, -0.05) is 6.07 Å². The molecule has 142 valence electrons. The summed E-state index contributed by atoms with van der Waals surface area (Å²) < 4.78 is 23.9. The van der Waals surface area contributed by atoms with Crippen LogP contribution in [0, 0.1) is 5.82 Å². The van der Waals surface area contributed by atoms with Crippen molar-refractivity contribution in [1.82, 2.24) is 4.90 Å². The third kappa shape index (κ3) is 3.72. The van der Waals surface area contributed by atoms with Crippen molar-refractivity contribution in [2.24, 2.45) is 0 Å². The minimum Gasteiger partial charge on any atom is -0.497 e. The Kier molecular flexibility index (Phi) is 5.30. The molecule has 2 aromatic carbocycles. The molecule has 7 heteroatoms. The Morgan fingerprint density at radius 1 is 1.07 bits per heavy atom. The maximum absolute atomic E-state index is 13.5. The van der Waals surface area contributed by atoms with Crippen molar-refractivity contribution in [2.75, 3.05) is 32.2 Å². The second kappa shape index (κ2) is 7.65. The average molecular weight is 372 g/mol. The standard InChI is InChI=1S/C20H21FN2O4/c1-13-19(24)23(16-6-4-5-15(21)11-16)8-7-22(13)20(25)14-9-17(26-2)12-18(10-14)27-3/h4-6,9-13H,7-8H2,1-3H3. The van der Waals surface area contributed by atoms with E-state index >= 15 is 0 Å². The fourth-order valence-electron chi connectivity index (χ4n) is 3.14. The van der Waals surface area contributed by atoms with Gasteiger partial charge in [0.25, 0.3) is 5.91 Å². The molecule has 0 saturated carbocycles. The predicted molar refractivity (Wildman–Crippen MR) is 98.8 cm³/mol. The van der Waals surface area contributed by atoms with E-state index in [0.717, 1.165) is 0 Å². The van der Waals surface area contributed by atoms with Crippen LogP contribution in [-0.2, 0) is 4.79 Å². The third-order valence-corrected chi connectivity index (χ3v) is 4.63. The molecular weight excluding hydrogens is 351 g/mol. The number of hydrogen-bond donors (Lipinski definition) is 0. The highest BCUT2D eigenvalue weighted by atomic mass is 19.1. The topological polar surface area (TPSA) is 59.1 Å². The summed E-state index contributed by atoms with van der Waals surface area (Å²) in [4.78, 5) is 28.8. The van der Waals surface area contributed by atoms with E-state index in [-0.39, 0.29) is 11.8 Å². The highest BCUT2D eigenvalue weighted by molar-refractivity contribution is 6.03. The lowest BCUT2D eigenvalue weighted by molar-refractivity contribution is -0.124. The molecule has 0 bridgehead atoms. The Balaban J connectivity index is 1.83. The molecule has 1 aliphatic rings. The van der Waals surface area contributed by atoms with Crippen molar-refractivity contribution < 1.29 is 23.5 Å². The number of ether oxygens (including phenoxy) is 2. The lowest BCUT2D eigenvalue weighted by atomic mass is 10.1. The van der Waals surface area contributed by atoms with Crippen molar-refractivity contribution in [2.45, 2.75) is 13.0 Å². The molecule has 1 aliphatic heterocycles. The first-order valence-electron chi connectivity index (χ1n) is 8.55. The van der Waals surface area contributed by atoms with Gasteiger partial charge in [0.2, 0.25) is 5.91 Å². The van der Waals surface area contributed by atoms with E-state index in [1.807, 2.05) is 0 Å². The van der Waals surface area contributed by atoms with E-state index in [1.54, 1.807) is 37.3 Å². The van der Waals surface area contributed by atoms with E-state index in [0.29, 0.717) is 35.8 Å². The van der Waals surface area contributed by atoms with Gasteiger partial charge in [-0.05, 0) is 37.3 Å². The number of anilines is 1. The van der Waals surface area contributed by atoms with E-state index in [9.17, 15) is 14.0 Å². The molecule has 0 aromatic heterocycles. The summed E-state index contributed by atoms with van der Waals surface area (Å²) in [6.07, 6.45) is 0. The molecule has 0 radical (unpaired) electrons. The van der Waals surface area contributed by atoms with Gasteiger partial charge < -0.3 is 19.3 Å². The first kappa shape index (κ1) is 18.7. The van der Waals surface area contributed by atoms with Gasteiger partial charge in [0.05, 0.1) is 14.2 Å². The first-order chi connectivity index (χ1) is 12.9. The molecule has 1 heterocycles. The SMILES string of the molecule is COc1cc(OC)cc(C(=O)N2CCN(c3cccc(F)c3)C(=O)C2C)c1. The molecule has 27 heavy (non-hydrogen) atoms. The van der Waals surface area contributed by atoms with Crippen molar-refractivity contribution in [3.05, 3.63) is 53.8 Å². The number of amides is 2. The smallest absolute Gasteiger partial charge is 0.254 e. The number of methoxy groups -OCH3 is 2. The van der Waals surface area contributed by atoms with Gasteiger partial charge >= 0.3 is 0 Å². The van der Waals surface area contributed by atoms with Crippen LogP contribution in [0.25, 0.3) is 0 Å². The minimum atomic E-state index is -0.674. The van der Waals surface area contributed by atoms with Crippen molar-refractivity contribution >= 4 is 17.5 Å². The van der Waals surface area contributed by atoms with Crippen LogP contribution in [0.2, 0.25) is 0 Å². The van der Waals surface area contributed by atoms with Crippen LogP contribution < -0.4 is 14.4 Å². The number of halogens is 1. The number of piperazine rings is 1. The van der Waals surface area contributed by atoms with E-state index in [1.165, 1.54) is 36.2 Å². The van der Waals surface area contributed by atoms with Crippen molar-refractivity contribution in [1.29, 1.82) is 0 Å². The lowest BCUT2D eigenvalue weighted by Gasteiger charge is -2.39. The number of hydrogen-bond acceptors (Lipinski definition) is 4. The van der Waals surface area contributed by atoms with Gasteiger partial charge in [-0.3, -0.25) is 9.59 Å². The number of benzene rings is 2. The molecule has 6 nitrogen and oxygen atoms in total. The molecule has 1 fully saturated rings. The second-order valence-corrected chi connectivity index (χ2v) is 6.25. The largest absolute Gasteiger partial charge is 0.497 e. The van der Waals surface area contributed by atoms with Gasteiger partial charge in [-0.25, -0.2) is 4.39 Å². The van der Waals surface area contributed by atoms with Gasteiger partial charge in [-0.2, -0.15) is 0 Å². The average Bonchev–Trinajstić information content (AvgIpc) is 2.69. The fourth-order valence-corrected chi connectivity index (χ4v) is 3.14. The zero-order valence-electron chi connectivity index (χ0n) is 15.4.